The Hall–Kier alpha value is -1.99. The number of amides is 1. The average Bonchev–Trinajstić information content (AvgIpc) is 3.03. The number of esters is 1. The summed E-state index contributed by atoms with van der Waals surface area (Å²) in [6, 6.07) is 0. The summed E-state index contributed by atoms with van der Waals surface area (Å²) in [5.41, 5.74) is 0. The van der Waals surface area contributed by atoms with E-state index in [2.05, 4.69) is 22.3 Å². The molecule has 8 nitrogen and oxygen atoms in total. The summed E-state index contributed by atoms with van der Waals surface area (Å²) >= 11 is 0. The SMILES string of the molecule is CCCCn1nnc(N2C[C@@H](C(=O)OCC)CC2=O)n1. The van der Waals surface area contributed by atoms with Crippen LogP contribution in [0.25, 0.3) is 0 Å². The van der Waals surface area contributed by atoms with Crippen LogP contribution in [0.3, 0.4) is 0 Å². The van der Waals surface area contributed by atoms with Crippen LogP contribution in [0.1, 0.15) is 33.1 Å². The Bertz CT molecular complexity index is 487. The molecule has 2 rings (SSSR count). The molecule has 0 N–H and O–H groups in total. The van der Waals surface area contributed by atoms with Crippen LogP contribution in [0.2, 0.25) is 0 Å². The van der Waals surface area contributed by atoms with Crippen LogP contribution in [0, 0.1) is 5.92 Å². The van der Waals surface area contributed by atoms with E-state index in [0.717, 1.165) is 12.8 Å². The number of carbonyl (C=O) groups is 2. The van der Waals surface area contributed by atoms with Crippen molar-refractivity contribution in [3.05, 3.63) is 0 Å². The molecule has 0 spiro atoms. The van der Waals surface area contributed by atoms with Gasteiger partial charge >= 0.3 is 5.97 Å². The van der Waals surface area contributed by atoms with Crippen molar-refractivity contribution in [2.75, 3.05) is 18.1 Å². The van der Waals surface area contributed by atoms with Crippen LogP contribution in [-0.4, -0.2) is 45.2 Å². The van der Waals surface area contributed by atoms with Crippen LogP contribution in [0.4, 0.5) is 5.95 Å². The molecule has 110 valence electrons. The second-order valence-corrected chi connectivity index (χ2v) is 4.70. The first-order valence-corrected chi connectivity index (χ1v) is 6.90. The third-order valence-electron chi connectivity index (χ3n) is 3.14. The molecule has 0 unspecified atom stereocenters. The largest absolute Gasteiger partial charge is 0.466 e. The second-order valence-electron chi connectivity index (χ2n) is 4.70. The Morgan fingerprint density at radius 3 is 2.95 bits per heavy atom. The maximum atomic E-state index is 11.9. The van der Waals surface area contributed by atoms with Gasteiger partial charge in [0.05, 0.1) is 19.1 Å². The summed E-state index contributed by atoms with van der Waals surface area (Å²) in [7, 11) is 0. The van der Waals surface area contributed by atoms with Crippen molar-refractivity contribution in [3.8, 4) is 0 Å². The Balaban J connectivity index is 2.00. The van der Waals surface area contributed by atoms with Crippen LogP contribution in [0.5, 0.6) is 0 Å². The number of carbonyl (C=O) groups excluding carboxylic acids is 2. The van der Waals surface area contributed by atoms with Crippen LogP contribution in [-0.2, 0) is 20.9 Å². The molecule has 1 aliphatic heterocycles. The topological polar surface area (TPSA) is 90.2 Å². The number of hydrogen-bond acceptors (Lipinski definition) is 6. The van der Waals surface area contributed by atoms with Crippen LogP contribution < -0.4 is 4.90 Å². The van der Waals surface area contributed by atoms with Gasteiger partial charge in [0, 0.05) is 13.0 Å². The van der Waals surface area contributed by atoms with E-state index in [4.69, 9.17) is 4.74 Å². The smallest absolute Gasteiger partial charge is 0.311 e. The highest BCUT2D eigenvalue weighted by Crippen LogP contribution is 2.22. The van der Waals surface area contributed by atoms with Gasteiger partial charge in [-0.2, -0.15) is 4.80 Å². The maximum Gasteiger partial charge on any atom is 0.311 e. The molecule has 0 aliphatic carbocycles. The molecule has 0 saturated carbocycles. The number of anilines is 1. The highest BCUT2D eigenvalue weighted by Gasteiger charge is 2.37. The van der Waals surface area contributed by atoms with Gasteiger partial charge in [-0.25, -0.2) is 0 Å². The van der Waals surface area contributed by atoms with Gasteiger partial charge in [-0.1, -0.05) is 18.4 Å². The van der Waals surface area contributed by atoms with E-state index in [-0.39, 0.29) is 30.8 Å². The molecule has 1 amide bonds. The molecule has 1 atom stereocenters. The molecule has 1 aliphatic rings. The molecular weight excluding hydrogens is 262 g/mol. The monoisotopic (exact) mass is 281 g/mol. The standard InChI is InChI=1S/C12H19N5O3/c1-3-5-6-17-14-12(13-15-17)16-8-9(7-10(16)18)11(19)20-4-2/h9H,3-8H2,1-2H3/t9-/m0/s1. The molecule has 0 bridgehead atoms. The van der Waals surface area contributed by atoms with Crippen molar-refractivity contribution in [3.63, 3.8) is 0 Å². The zero-order valence-electron chi connectivity index (χ0n) is 11.8. The van der Waals surface area contributed by atoms with Gasteiger partial charge in [-0.15, -0.1) is 5.10 Å². The number of tetrazole rings is 1. The molecule has 20 heavy (non-hydrogen) atoms. The van der Waals surface area contributed by atoms with E-state index in [1.807, 2.05) is 0 Å². The molecule has 0 radical (unpaired) electrons. The summed E-state index contributed by atoms with van der Waals surface area (Å²) in [4.78, 5) is 26.4. The molecule has 8 heteroatoms. The predicted molar refractivity (Wildman–Crippen MR) is 69.8 cm³/mol. The van der Waals surface area contributed by atoms with Crippen molar-refractivity contribution in [1.29, 1.82) is 0 Å². The first-order chi connectivity index (χ1) is 9.65. The summed E-state index contributed by atoms with van der Waals surface area (Å²) < 4.78 is 4.94. The third-order valence-corrected chi connectivity index (χ3v) is 3.14. The molecule has 0 aromatic carbocycles. The van der Waals surface area contributed by atoms with E-state index in [9.17, 15) is 9.59 Å². The number of nitrogens with zero attached hydrogens (tertiary/aromatic N) is 5. The van der Waals surface area contributed by atoms with Crippen molar-refractivity contribution in [1.82, 2.24) is 20.2 Å². The van der Waals surface area contributed by atoms with Crippen LogP contribution in [0.15, 0.2) is 0 Å². The molecule has 1 fully saturated rings. The molecule has 1 aromatic rings. The first kappa shape index (κ1) is 14.4. The second kappa shape index (κ2) is 6.44. The van der Waals surface area contributed by atoms with Gasteiger partial charge in [0.15, 0.2) is 0 Å². The minimum atomic E-state index is -0.440. The molecule has 1 saturated heterocycles. The van der Waals surface area contributed by atoms with Crippen molar-refractivity contribution in [2.45, 2.75) is 39.7 Å². The lowest BCUT2D eigenvalue weighted by atomic mass is 10.1. The minimum Gasteiger partial charge on any atom is -0.466 e. The lowest BCUT2D eigenvalue weighted by Crippen LogP contribution is -2.27. The number of ether oxygens (including phenoxy) is 1. The minimum absolute atomic E-state index is 0.141. The molecular formula is C12H19N5O3. The highest BCUT2D eigenvalue weighted by atomic mass is 16.5. The van der Waals surface area contributed by atoms with Gasteiger partial charge in [-0.05, 0) is 18.6 Å². The number of hydrogen-bond donors (Lipinski definition) is 0. The lowest BCUT2D eigenvalue weighted by Gasteiger charge is -2.10. The van der Waals surface area contributed by atoms with Gasteiger partial charge in [0.1, 0.15) is 0 Å². The normalized spacial score (nSPS) is 18.6. The zero-order chi connectivity index (χ0) is 14.5. The Kier molecular flexibility index (Phi) is 4.65. The summed E-state index contributed by atoms with van der Waals surface area (Å²) in [6.07, 6.45) is 2.13. The summed E-state index contributed by atoms with van der Waals surface area (Å²) in [5.74, 6) is -0.692. The zero-order valence-corrected chi connectivity index (χ0v) is 11.8. The van der Waals surface area contributed by atoms with Crippen molar-refractivity contribution in [2.24, 2.45) is 5.92 Å². The average molecular weight is 281 g/mol. The van der Waals surface area contributed by atoms with Crippen LogP contribution >= 0.6 is 0 Å². The fraction of sp³-hybridized carbons (Fsp3) is 0.750. The number of unbranched alkanes of at least 4 members (excludes halogenated alkanes) is 1. The Morgan fingerprint density at radius 2 is 2.25 bits per heavy atom. The van der Waals surface area contributed by atoms with E-state index in [1.54, 1.807) is 6.92 Å². The predicted octanol–water partition coefficient (Wildman–Crippen LogP) is 0.389. The van der Waals surface area contributed by atoms with E-state index in [1.165, 1.54) is 9.70 Å². The summed E-state index contributed by atoms with van der Waals surface area (Å²) in [6.45, 7) is 5.07. The lowest BCUT2D eigenvalue weighted by molar-refractivity contribution is -0.147. The first-order valence-electron chi connectivity index (χ1n) is 6.90. The van der Waals surface area contributed by atoms with E-state index in [0.29, 0.717) is 13.2 Å². The van der Waals surface area contributed by atoms with Crippen molar-refractivity contribution < 1.29 is 14.3 Å². The van der Waals surface area contributed by atoms with Gasteiger partial charge in [0.25, 0.3) is 5.95 Å². The fourth-order valence-corrected chi connectivity index (χ4v) is 2.06. The fourth-order valence-electron chi connectivity index (χ4n) is 2.06. The van der Waals surface area contributed by atoms with E-state index < -0.39 is 5.92 Å². The third kappa shape index (κ3) is 3.12. The number of aromatic nitrogens is 4. The highest BCUT2D eigenvalue weighted by molar-refractivity contribution is 5.98. The molecule has 1 aromatic heterocycles. The van der Waals surface area contributed by atoms with E-state index >= 15 is 0 Å². The number of aryl methyl sites for hydroxylation is 1. The van der Waals surface area contributed by atoms with Gasteiger partial charge < -0.3 is 4.74 Å². The Morgan fingerprint density at radius 1 is 1.45 bits per heavy atom. The summed E-state index contributed by atoms with van der Waals surface area (Å²) in [5, 5.41) is 11.9. The Labute approximate surface area is 117 Å². The maximum absolute atomic E-state index is 11.9. The quantitative estimate of drug-likeness (QED) is 0.701. The number of rotatable bonds is 6. The van der Waals surface area contributed by atoms with Crippen molar-refractivity contribution >= 4 is 17.8 Å². The molecule has 2 heterocycles. The van der Waals surface area contributed by atoms with Gasteiger partial charge in [-0.3, -0.25) is 14.5 Å². The van der Waals surface area contributed by atoms with Gasteiger partial charge in [0.2, 0.25) is 5.91 Å².